The van der Waals surface area contributed by atoms with Gasteiger partial charge in [-0.25, -0.2) is 0 Å². The van der Waals surface area contributed by atoms with Crippen molar-refractivity contribution in [3.8, 4) is 0 Å². The van der Waals surface area contributed by atoms with E-state index in [1.54, 1.807) is 0 Å². The molecule has 0 saturated carbocycles. The van der Waals surface area contributed by atoms with Gasteiger partial charge in [-0.2, -0.15) is 0 Å². The zero-order chi connectivity index (χ0) is 11.3. The van der Waals surface area contributed by atoms with Crippen molar-refractivity contribution in [1.82, 2.24) is 9.88 Å². The lowest BCUT2D eigenvalue weighted by molar-refractivity contribution is 0.147. The van der Waals surface area contributed by atoms with E-state index in [0.717, 1.165) is 19.5 Å². The second kappa shape index (κ2) is 5.26. The van der Waals surface area contributed by atoms with Crippen molar-refractivity contribution in [3.05, 3.63) is 30.1 Å². The topological polar surface area (TPSA) is 16.1 Å². The number of pyridine rings is 1. The molecule has 0 amide bonds. The van der Waals surface area contributed by atoms with Gasteiger partial charge in [-0.1, -0.05) is 13.0 Å². The van der Waals surface area contributed by atoms with Crippen LogP contribution in [0.15, 0.2) is 24.5 Å². The van der Waals surface area contributed by atoms with E-state index in [-0.39, 0.29) is 5.54 Å². The molecule has 0 unspecified atom stereocenters. The quantitative estimate of drug-likeness (QED) is 0.753. The predicted octanol–water partition coefficient (Wildman–Crippen LogP) is 2.74. The van der Waals surface area contributed by atoms with Gasteiger partial charge in [0.05, 0.1) is 0 Å². The van der Waals surface area contributed by atoms with Gasteiger partial charge in [0.1, 0.15) is 0 Å². The summed E-state index contributed by atoms with van der Waals surface area (Å²) in [6, 6.07) is 4.15. The molecule has 0 atom stereocenters. The van der Waals surface area contributed by atoms with Crippen LogP contribution >= 0.6 is 0 Å². The minimum Gasteiger partial charge on any atom is -0.298 e. The number of hydrogen-bond acceptors (Lipinski definition) is 2. The third-order valence-electron chi connectivity index (χ3n) is 2.72. The lowest BCUT2D eigenvalue weighted by Gasteiger charge is -2.34. The van der Waals surface area contributed by atoms with Crippen molar-refractivity contribution in [1.29, 1.82) is 0 Å². The Hall–Kier alpha value is -0.890. The number of aromatic nitrogens is 1. The molecule has 0 N–H and O–H groups in total. The molecule has 1 heterocycles. The highest BCUT2D eigenvalue weighted by Gasteiger charge is 2.18. The highest BCUT2D eigenvalue weighted by molar-refractivity contribution is 5.08. The molecule has 0 bridgehead atoms. The van der Waals surface area contributed by atoms with Gasteiger partial charge in [0.25, 0.3) is 0 Å². The van der Waals surface area contributed by atoms with E-state index in [4.69, 9.17) is 0 Å². The first kappa shape index (κ1) is 12.2. The highest BCUT2D eigenvalue weighted by Crippen LogP contribution is 2.13. The van der Waals surface area contributed by atoms with Gasteiger partial charge >= 0.3 is 0 Å². The second-order valence-corrected chi connectivity index (χ2v) is 4.86. The van der Waals surface area contributed by atoms with Gasteiger partial charge in [-0.15, -0.1) is 0 Å². The molecule has 84 valence electrons. The zero-order valence-corrected chi connectivity index (χ0v) is 10.3. The molecule has 0 aliphatic carbocycles. The van der Waals surface area contributed by atoms with E-state index in [0.29, 0.717) is 0 Å². The Bertz CT molecular complexity index is 274. The van der Waals surface area contributed by atoms with Gasteiger partial charge in [-0.3, -0.25) is 9.88 Å². The summed E-state index contributed by atoms with van der Waals surface area (Å²) in [4.78, 5) is 6.62. The molecule has 1 rings (SSSR count). The van der Waals surface area contributed by atoms with Gasteiger partial charge in [0.2, 0.25) is 0 Å². The molecule has 0 radical (unpaired) electrons. The standard InChI is InChI=1S/C13H22N2/c1-5-15(13(2,3)4)10-8-12-7-6-9-14-11-12/h6-7,9,11H,5,8,10H2,1-4H3. The maximum atomic E-state index is 4.13. The van der Waals surface area contributed by atoms with Gasteiger partial charge in [0.15, 0.2) is 0 Å². The smallest absolute Gasteiger partial charge is 0.0300 e. The van der Waals surface area contributed by atoms with Gasteiger partial charge < -0.3 is 0 Å². The van der Waals surface area contributed by atoms with Crippen molar-refractivity contribution < 1.29 is 0 Å². The molecule has 1 aromatic rings. The van der Waals surface area contributed by atoms with E-state index in [9.17, 15) is 0 Å². The predicted molar refractivity (Wildman–Crippen MR) is 64.9 cm³/mol. The molecular weight excluding hydrogens is 184 g/mol. The number of rotatable bonds is 4. The summed E-state index contributed by atoms with van der Waals surface area (Å²) < 4.78 is 0. The number of likely N-dealkylation sites (N-methyl/N-ethyl adjacent to an activating group) is 1. The van der Waals surface area contributed by atoms with Crippen LogP contribution in [0.25, 0.3) is 0 Å². The van der Waals surface area contributed by atoms with E-state index in [1.165, 1.54) is 5.56 Å². The van der Waals surface area contributed by atoms with Crippen LogP contribution in [0.1, 0.15) is 33.3 Å². The molecule has 15 heavy (non-hydrogen) atoms. The van der Waals surface area contributed by atoms with Crippen LogP contribution in [-0.4, -0.2) is 28.5 Å². The van der Waals surface area contributed by atoms with Crippen LogP contribution in [0.5, 0.6) is 0 Å². The summed E-state index contributed by atoms with van der Waals surface area (Å²) in [7, 11) is 0. The molecule has 1 aromatic heterocycles. The molecule has 0 aliphatic rings. The molecule has 0 saturated heterocycles. The Morgan fingerprint density at radius 2 is 2.07 bits per heavy atom. The Labute approximate surface area is 93.3 Å². The van der Waals surface area contributed by atoms with Crippen LogP contribution in [0.2, 0.25) is 0 Å². The Morgan fingerprint density at radius 1 is 1.33 bits per heavy atom. The third kappa shape index (κ3) is 4.00. The first-order valence-electron chi connectivity index (χ1n) is 5.68. The lowest BCUT2D eigenvalue weighted by Crippen LogP contribution is -2.42. The summed E-state index contributed by atoms with van der Waals surface area (Å²) in [6.45, 7) is 11.2. The molecule has 0 fully saturated rings. The highest BCUT2D eigenvalue weighted by atomic mass is 15.2. The van der Waals surface area contributed by atoms with Crippen LogP contribution < -0.4 is 0 Å². The molecular formula is C13H22N2. The van der Waals surface area contributed by atoms with Gasteiger partial charge in [-0.05, 0) is 45.4 Å². The van der Waals surface area contributed by atoms with Crippen LogP contribution in [0.3, 0.4) is 0 Å². The average Bonchev–Trinajstić information content (AvgIpc) is 2.18. The summed E-state index contributed by atoms with van der Waals surface area (Å²) in [5.41, 5.74) is 1.58. The summed E-state index contributed by atoms with van der Waals surface area (Å²) in [6.07, 6.45) is 4.86. The van der Waals surface area contributed by atoms with E-state index in [2.05, 4.69) is 43.6 Å². The maximum absolute atomic E-state index is 4.13. The second-order valence-electron chi connectivity index (χ2n) is 4.86. The summed E-state index contributed by atoms with van der Waals surface area (Å²) in [5.74, 6) is 0. The zero-order valence-electron chi connectivity index (χ0n) is 10.3. The fourth-order valence-electron chi connectivity index (χ4n) is 1.78. The monoisotopic (exact) mass is 206 g/mol. The number of hydrogen-bond donors (Lipinski definition) is 0. The fourth-order valence-corrected chi connectivity index (χ4v) is 1.78. The van der Waals surface area contributed by atoms with Crippen LogP contribution in [0.4, 0.5) is 0 Å². The molecule has 2 heteroatoms. The molecule has 2 nitrogen and oxygen atoms in total. The summed E-state index contributed by atoms with van der Waals surface area (Å²) in [5, 5.41) is 0. The Kier molecular flexibility index (Phi) is 4.28. The van der Waals surface area contributed by atoms with E-state index >= 15 is 0 Å². The minimum absolute atomic E-state index is 0.261. The van der Waals surface area contributed by atoms with Crippen LogP contribution in [-0.2, 0) is 6.42 Å². The SMILES string of the molecule is CCN(CCc1cccnc1)C(C)(C)C. The lowest BCUT2D eigenvalue weighted by atomic mass is 10.0. The Balaban J connectivity index is 2.49. The van der Waals surface area contributed by atoms with Crippen LogP contribution in [0, 0.1) is 0 Å². The van der Waals surface area contributed by atoms with Gasteiger partial charge in [0, 0.05) is 24.5 Å². The van der Waals surface area contributed by atoms with Crippen molar-refractivity contribution in [2.75, 3.05) is 13.1 Å². The molecule has 0 aliphatic heterocycles. The number of nitrogens with zero attached hydrogens (tertiary/aromatic N) is 2. The average molecular weight is 206 g/mol. The van der Waals surface area contributed by atoms with Crippen molar-refractivity contribution >= 4 is 0 Å². The van der Waals surface area contributed by atoms with E-state index < -0.39 is 0 Å². The molecule has 0 spiro atoms. The fraction of sp³-hybridized carbons (Fsp3) is 0.615. The first-order chi connectivity index (χ1) is 7.04. The Morgan fingerprint density at radius 3 is 2.53 bits per heavy atom. The third-order valence-corrected chi connectivity index (χ3v) is 2.72. The molecule has 0 aromatic carbocycles. The van der Waals surface area contributed by atoms with Crippen molar-refractivity contribution in [2.45, 2.75) is 39.7 Å². The van der Waals surface area contributed by atoms with Crippen molar-refractivity contribution in [2.24, 2.45) is 0 Å². The normalized spacial score (nSPS) is 12.1. The van der Waals surface area contributed by atoms with E-state index in [1.807, 2.05) is 18.5 Å². The largest absolute Gasteiger partial charge is 0.298 e. The van der Waals surface area contributed by atoms with Crippen molar-refractivity contribution in [3.63, 3.8) is 0 Å². The maximum Gasteiger partial charge on any atom is 0.0300 e. The first-order valence-corrected chi connectivity index (χ1v) is 5.68. The summed E-state index contributed by atoms with van der Waals surface area (Å²) >= 11 is 0. The minimum atomic E-state index is 0.261.